The molecule has 0 N–H and O–H groups in total. The molecule has 2 heterocycles. The molecule has 0 radical (unpaired) electrons. The summed E-state index contributed by atoms with van der Waals surface area (Å²) in [5.41, 5.74) is 2.86. The Hall–Kier alpha value is -2.93. The van der Waals surface area contributed by atoms with Gasteiger partial charge in [-0.05, 0) is 30.3 Å². The average Bonchev–Trinajstić information content (AvgIpc) is 3.28. The number of aromatic nitrogens is 3. The zero-order valence-electron chi connectivity index (χ0n) is 14.8. The Morgan fingerprint density at radius 2 is 1.96 bits per heavy atom. The Morgan fingerprint density at radius 1 is 1.12 bits per heavy atom. The molecular formula is C19H18N4O2S. The first kappa shape index (κ1) is 16.5. The van der Waals surface area contributed by atoms with Gasteiger partial charge in [-0.3, -0.25) is 0 Å². The summed E-state index contributed by atoms with van der Waals surface area (Å²) in [5, 5.41) is 9.29. The number of ether oxygens (including phenoxy) is 1. The maximum Gasteiger partial charge on any atom is 0.247 e. The van der Waals surface area contributed by atoms with Crippen LogP contribution in [-0.2, 0) is 6.42 Å². The third-order valence-electron chi connectivity index (χ3n) is 4.02. The summed E-state index contributed by atoms with van der Waals surface area (Å²) in [4.78, 5) is 6.69. The number of benzene rings is 2. The lowest BCUT2D eigenvalue weighted by Gasteiger charge is -2.12. The van der Waals surface area contributed by atoms with Gasteiger partial charge in [0.1, 0.15) is 16.3 Å². The van der Waals surface area contributed by atoms with Crippen LogP contribution in [0.2, 0.25) is 0 Å². The molecule has 7 heteroatoms. The zero-order chi connectivity index (χ0) is 18.1. The lowest BCUT2D eigenvalue weighted by atomic mass is 10.2. The average molecular weight is 366 g/mol. The molecule has 0 amide bonds. The van der Waals surface area contributed by atoms with E-state index in [4.69, 9.17) is 9.15 Å². The number of hydrogen-bond acceptors (Lipinski definition) is 7. The van der Waals surface area contributed by atoms with Crippen molar-refractivity contribution in [2.24, 2.45) is 0 Å². The third kappa shape index (κ3) is 3.13. The van der Waals surface area contributed by atoms with Crippen LogP contribution in [0.5, 0.6) is 5.75 Å². The van der Waals surface area contributed by atoms with Crippen molar-refractivity contribution < 1.29 is 9.15 Å². The number of para-hydroxylation sites is 1. The van der Waals surface area contributed by atoms with Gasteiger partial charge < -0.3 is 14.1 Å². The summed E-state index contributed by atoms with van der Waals surface area (Å²) >= 11 is 1.61. The fourth-order valence-corrected chi connectivity index (χ4v) is 3.67. The summed E-state index contributed by atoms with van der Waals surface area (Å²) in [6, 6.07) is 13.9. The summed E-state index contributed by atoms with van der Waals surface area (Å²) in [6.07, 6.45) is 0.503. The molecule has 0 atom stereocenters. The lowest BCUT2D eigenvalue weighted by molar-refractivity contribution is 0.419. The molecule has 0 spiro atoms. The topological polar surface area (TPSA) is 64.3 Å². The van der Waals surface area contributed by atoms with Gasteiger partial charge in [0.2, 0.25) is 11.8 Å². The molecule has 0 aliphatic heterocycles. The van der Waals surface area contributed by atoms with Crippen LogP contribution in [-0.4, -0.2) is 36.4 Å². The standard InChI is InChI=1S/C19H18N4O2S/c1-23(2)13-7-4-6-12(10-13)19-22-21-16(25-19)11-17-20-18-14(24-3)8-5-9-15(18)26-17/h4-10H,11H2,1-3H3. The third-order valence-corrected chi connectivity index (χ3v) is 5.05. The first-order valence-electron chi connectivity index (χ1n) is 8.16. The first-order valence-corrected chi connectivity index (χ1v) is 8.98. The lowest BCUT2D eigenvalue weighted by Crippen LogP contribution is -2.08. The van der Waals surface area contributed by atoms with Crippen molar-refractivity contribution in [2.45, 2.75) is 6.42 Å². The molecule has 26 heavy (non-hydrogen) atoms. The number of fused-ring (bicyclic) bond motifs is 1. The second kappa shape index (κ2) is 6.76. The number of hydrogen-bond donors (Lipinski definition) is 0. The Morgan fingerprint density at radius 3 is 2.77 bits per heavy atom. The number of anilines is 1. The smallest absolute Gasteiger partial charge is 0.247 e. The molecule has 2 aromatic carbocycles. The van der Waals surface area contributed by atoms with Gasteiger partial charge in [0.15, 0.2) is 0 Å². The largest absolute Gasteiger partial charge is 0.494 e. The van der Waals surface area contributed by atoms with E-state index in [1.807, 2.05) is 61.5 Å². The van der Waals surface area contributed by atoms with Gasteiger partial charge in [-0.25, -0.2) is 4.98 Å². The molecular weight excluding hydrogens is 348 g/mol. The van der Waals surface area contributed by atoms with Crippen molar-refractivity contribution in [1.82, 2.24) is 15.2 Å². The van der Waals surface area contributed by atoms with E-state index in [-0.39, 0.29) is 0 Å². The molecule has 0 saturated carbocycles. The molecule has 4 aromatic rings. The predicted octanol–water partition coefficient (Wildman–Crippen LogP) is 4.01. The molecule has 0 bridgehead atoms. The van der Waals surface area contributed by atoms with Crippen molar-refractivity contribution >= 4 is 27.2 Å². The van der Waals surface area contributed by atoms with Gasteiger partial charge in [-0.15, -0.1) is 21.5 Å². The summed E-state index contributed by atoms with van der Waals surface area (Å²) < 4.78 is 12.3. The van der Waals surface area contributed by atoms with Gasteiger partial charge in [0, 0.05) is 25.3 Å². The maximum atomic E-state index is 5.86. The molecule has 0 fully saturated rings. The van der Waals surface area contributed by atoms with Crippen LogP contribution in [0.15, 0.2) is 46.9 Å². The van der Waals surface area contributed by atoms with Crippen LogP contribution in [0.25, 0.3) is 21.7 Å². The van der Waals surface area contributed by atoms with Crippen LogP contribution >= 0.6 is 11.3 Å². The molecule has 0 saturated heterocycles. The van der Waals surface area contributed by atoms with Crippen LogP contribution in [0, 0.1) is 0 Å². The van der Waals surface area contributed by atoms with Crippen LogP contribution < -0.4 is 9.64 Å². The summed E-state index contributed by atoms with van der Waals surface area (Å²) in [7, 11) is 5.65. The Labute approximate surface area is 155 Å². The first-order chi connectivity index (χ1) is 12.6. The van der Waals surface area contributed by atoms with E-state index in [1.165, 1.54) is 0 Å². The summed E-state index contributed by atoms with van der Waals surface area (Å²) in [6.45, 7) is 0. The molecule has 132 valence electrons. The van der Waals surface area contributed by atoms with E-state index in [2.05, 4.69) is 15.2 Å². The van der Waals surface area contributed by atoms with E-state index in [9.17, 15) is 0 Å². The van der Waals surface area contributed by atoms with Crippen molar-refractivity contribution in [3.63, 3.8) is 0 Å². The number of nitrogens with zero attached hydrogens (tertiary/aromatic N) is 4. The highest BCUT2D eigenvalue weighted by molar-refractivity contribution is 7.18. The molecule has 2 aromatic heterocycles. The highest BCUT2D eigenvalue weighted by Gasteiger charge is 2.14. The molecule has 0 unspecified atom stereocenters. The van der Waals surface area contributed by atoms with Gasteiger partial charge in [0.05, 0.1) is 18.2 Å². The molecule has 4 rings (SSSR count). The number of methoxy groups -OCH3 is 1. The number of rotatable bonds is 5. The Bertz CT molecular complexity index is 1050. The number of thiazole rings is 1. The highest BCUT2D eigenvalue weighted by atomic mass is 32.1. The van der Waals surface area contributed by atoms with Crippen molar-refractivity contribution in [3.05, 3.63) is 53.4 Å². The summed E-state index contributed by atoms with van der Waals surface area (Å²) in [5.74, 6) is 1.84. The Balaban J connectivity index is 1.60. The second-order valence-electron chi connectivity index (χ2n) is 6.04. The van der Waals surface area contributed by atoms with Gasteiger partial charge in [-0.2, -0.15) is 0 Å². The molecule has 0 aliphatic carbocycles. The van der Waals surface area contributed by atoms with E-state index < -0.39 is 0 Å². The highest BCUT2D eigenvalue weighted by Crippen LogP contribution is 2.31. The minimum atomic E-state index is 0.503. The predicted molar refractivity (Wildman–Crippen MR) is 103 cm³/mol. The minimum Gasteiger partial charge on any atom is -0.494 e. The SMILES string of the molecule is COc1cccc2sc(Cc3nnc(-c4cccc(N(C)C)c4)o3)nc12. The monoisotopic (exact) mass is 366 g/mol. The fourth-order valence-electron chi connectivity index (χ4n) is 2.70. The fraction of sp³-hybridized carbons (Fsp3) is 0.211. The quantitative estimate of drug-likeness (QED) is 0.532. The van der Waals surface area contributed by atoms with Gasteiger partial charge in [-0.1, -0.05) is 12.1 Å². The van der Waals surface area contributed by atoms with E-state index in [1.54, 1.807) is 18.4 Å². The van der Waals surface area contributed by atoms with Gasteiger partial charge in [0.25, 0.3) is 0 Å². The molecule has 6 nitrogen and oxygen atoms in total. The van der Waals surface area contributed by atoms with E-state index in [0.29, 0.717) is 18.2 Å². The van der Waals surface area contributed by atoms with E-state index in [0.717, 1.165) is 32.2 Å². The zero-order valence-corrected chi connectivity index (χ0v) is 15.6. The van der Waals surface area contributed by atoms with Crippen molar-refractivity contribution in [1.29, 1.82) is 0 Å². The van der Waals surface area contributed by atoms with Crippen molar-refractivity contribution in [3.8, 4) is 17.2 Å². The molecule has 0 aliphatic rings. The Kier molecular flexibility index (Phi) is 4.30. The van der Waals surface area contributed by atoms with Crippen LogP contribution in [0.4, 0.5) is 5.69 Å². The van der Waals surface area contributed by atoms with Crippen LogP contribution in [0.3, 0.4) is 0 Å². The van der Waals surface area contributed by atoms with Crippen molar-refractivity contribution in [2.75, 3.05) is 26.1 Å². The van der Waals surface area contributed by atoms with E-state index >= 15 is 0 Å². The minimum absolute atomic E-state index is 0.503. The maximum absolute atomic E-state index is 5.86. The van der Waals surface area contributed by atoms with Crippen LogP contribution in [0.1, 0.15) is 10.9 Å². The van der Waals surface area contributed by atoms with Gasteiger partial charge >= 0.3 is 0 Å². The second-order valence-corrected chi connectivity index (χ2v) is 7.15. The normalized spacial score (nSPS) is 11.0.